The maximum Gasteiger partial charge on any atom is 0.416 e. The van der Waals surface area contributed by atoms with Crippen LogP contribution in [0.2, 0.25) is 25.7 Å². The molecule has 12 heteroatoms. The molecular weight excluding hydrogens is 502 g/mol. The summed E-state index contributed by atoms with van der Waals surface area (Å²) in [7, 11) is -1.76. The Bertz CT molecular complexity index is 831. The third-order valence-electron chi connectivity index (χ3n) is 6.41. The molecule has 1 aliphatic rings. The van der Waals surface area contributed by atoms with E-state index in [-0.39, 0.29) is 24.9 Å². The molecule has 1 fully saturated rings. The van der Waals surface area contributed by atoms with Crippen LogP contribution < -0.4 is 0 Å². The lowest BCUT2D eigenvalue weighted by atomic mass is 9.80. The molecule has 1 aliphatic heterocycles. The van der Waals surface area contributed by atoms with Crippen molar-refractivity contribution in [1.82, 2.24) is 4.90 Å². The standard InChI is InChI=1S/C23H31F8NO2Si/c1-35(2,3)13-10-18(8-11-21(24,25)26)32-12-9-17(14-19(33)34)22(27,28)20(32)15-4-6-16(7-5-15)23(29,30)31/h4-7,17-18,20H,8-14H2,1-3H3,(H,33,34)/t17-,18-,20+/m0/s1. The summed E-state index contributed by atoms with van der Waals surface area (Å²) in [4.78, 5) is 12.5. The van der Waals surface area contributed by atoms with Crippen LogP contribution in [0.3, 0.4) is 0 Å². The number of benzene rings is 1. The van der Waals surface area contributed by atoms with Gasteiger partial charge in [0.1, 0.15) is 0 Å². The zero-order valence-electron chi connectivity index (χ0n) is 19.8. The molecule has 0 saturated carbocycles. The van der Waals surface area contributed by atoms with E-state index in [0.717, 1.165) is 12.1 Å². The van der Waals surface area contributed by atoms with E-state index < -0.39 is 75.1 Å². The molecule has 1 heterocycles. The van der Waals surface area contributed by atoms with Gasteiger partial charge in [0.2, 0.25) is 0 Å². The third-order valence-corrected chi connectivity index (χ3v) is 8.20. The molecule has 0 radical (unpaired) electrons. The van der Waals surface area contributed by atoms with Gasteiger partial charge < -0.3 is 5.11 Å². The minimum atomic E-state index is -4.69. The van der Waals surface area contributed by atoms with Crippen LogP contribution in [0, 0.1) is 5.92 Å². The SMILES string of the molecule is C[Si](C)(C)CC[C@H](CCC(F)(F)F)N1CC[C@@H](CC(=O)O)C(F)(F)[C@H]1c1ccc(C(F)(F)F)cc1. The summed E-state index contributed by atoms with van der Waals surface area (Å²) in [5.41, 5.74) is -1.22. The molecule has 3 nitrogen and oxygen atoms in total. The topological polar surface area (TPSA) is 40.5 Å². The highest BCUT2D eigenvalue weighted by Crippen LogP contribution is 2.50. The van der Waals surface area contributed by atoms with Gasteiger partial charge in [-0.05, 0) is 43.5 Å². The quantitative estimate of drug-likeness (QED) is 0.262. The molecule has 1 N–H and O–H groups in total. The summed E-state index contributed by atoms with van der Waals surface area (Å²) >= 11 is 0. The lowest BCUT2D eigenvalue weighted by molar-refractivity contribution is -0.180. The second-order valence-electron chi connectivity index (χ2n) is 10.4. The van der Waals surface area contributed by atoms with Crippen LogP contribution in [0.4, 0.5) is 35.1 Å². The molecule has 0 aromatic heterocycles. The van der Waals surface area contributed by atoms with Gasteiger partial charge >= 0.3 is 18.3 Å². The van der Waals surface area contributed by atoms with Crippen LogP contribution in [-0.2, 0) is 11.0 Å². The van der Waals surface area contributed by atoms with Crippen LogP contribution in [0.25, 0.3) is 0 Å². The van der Waals surface area contributed by atoms with Crippen molar-refractivity contribution in [3.05, 3.63) is 35.4 Å². The number of hydrogen-bond donors (Lipinski definition) is 1. The van der Waals surface area contributed by atoms with Crippen molar-refractivity contribution in [2.45, 2.75) is 88.1 Å². The summed E-state index contributed by atoms with van der Waals surface area (Å²) in [5, 5.41) is 9.11. The number of rotatable bonds is 9. The summed E-state index contributed by atoms with van der Waals surface area (Å²) < 4.78 is 110. The van der Waals surface area contributed by atoms with Gasteiger partial charge in [0, 0.05) is 26.5 Å². The highest BCUT2D eigenvalue weighted by molar-refractivity contribution is 6.76. The van der Waals surface area contributed by atoms with Crippen molar-refractivity contribution in [1.29, 1.82) is 0 Å². The minimum absolute atomic E-state index is 0.0759. The number of halogens is 8. The third kappa shape index (κ3) is 8.44. The van der Waals surface area contributed by atoms with Crippen LogP contribution >= 0.6 is 0 Å². The number of carboxylic acid groups (broad SMARTS) is 1. The van der Waals surface area contributed by atoms with E-state index in [1.54, 1.807) is 0 Å². The number of carboxylic acids is 1. The molecule has 3 atom stereocenters. The first kappa shape index (κ1) is 29.5. The molecule has 1 aromatic rings. The van der Waals surface area contributed by atoms with E-state index in [9.17, 15) is 31.1 Å². The fourth-order valence-electron chi connectivity index (χ4n) is 4.59. The Morgan fingerprint density at radius 3 is 2.11 bits per heavy atom. The highest BCUT2D eigenvalue weighted by Gasteiger charge is 2.55. The van der Waals surface area contributed by atoms with Gasteiger partial charge in [-0.2, -0.15) is 26.3 Å². The lowest BCUT2D eigenvalue weighted by Crippen LogP contribution is -2.55. The van der Waals surface area contributed by atoms with E-state index in [4.69, 9.17) is 5.11 Å². The predicted octanol–water partition coefficient (Wildman–Crippen LogP) is 7.62. The summed E-state index contributed by atoms with van der Waals surface area (Å²) in [6, 6.07) is 1.02. The fraction of sp³-hybridized carbons (Fsp3) is 0.696. The first-order chi connectivity index (χ1) is 15.8. The van der Waals surface area contributed by atoms with Gasteiger partial charge in [-0.1, -0.05) is 37.8 Å². The number of nitrogens with zero attached hydrogens (tertiary/aromatic N) is 1. The number of likely N-dealkylation sites (tertiary alicyclic amines) is 1. The molecular formula is C23H31F8NO2Si. The van der Waals surface area contributed by atoms with Gasteiger partial charge in [-0.15, -0.1) is 0 Å². The first-order valence-electron chi connectivity index (χ1n) is 11.4. The van der Waals surface area contributed by atoms with Crippen molar-refractivity contribution in [2.24, 2.45) is 5.92 Å². The summed E-state index contributed by atoms with van der Waals surface area (Å²) in [6.45, 7) is 5.95. The normalized spacial score (nSPS) is 22.7. The van der Waals surface area contributed by atoms with Crippen molar-refractivity contribution < 1.29 is 45.0 Å². The predicted molar refractivity (Wildman–Crippen MR) is 118 cm³/mol. The average Bonchev–Trinajstić information content (AvgIpc) is 2.67. The van der Waals surface area contributed by atoms with Crippen LogP contribution in [0.5, 0.6) is 0 Å². The molecule has 0 aliphatic carbocycles. The molecule has 1 saturated heterocycles. The monoisotopic (exact) mass is 533 g/mol. The Kier molecular flexibility index (Phi) is 9.06. The average molecular weight is 534 g/mol. The Morgan fingerprint density at radius 2 is 1.66 bits per heavy atom. The molecule has 35 heavy (non-hydrogen) atoms. The number of piperidine rings is 1. The Hall–Kier alpha value is -1.69. The maximum atomic E-state index is 15.7. The Morgan fingerprint density at radius 1 is 1.09 bits per heavy atom. The van der Waals surface area contributed by atoms with Crippen molar-refractivity contribution in [3.63, 3.8) is 0 Å². The van der Waals surface area contributed by atoms with Gasteiger partial charge in [0.05, 0.1) is 18.0 Å². The number of hydrogen-bond acceptors (Lipinski definition) is 2. The first-order valence-corrected chi connectivity index (χ1v) is 15.1. The van der Waals surface area contributed by atoms with E-state index in [0.29, 0.717) is 18.2 Å². The van der Waals surface area contributed by atoms with E-state index in [1.807, 2.05) is 19.6 Å². The van der Waals surface area contributed by atoms with Crippen LogP contribution in [0.15, 0.2) is 24.3 Å². The van der Waals surface area contributed by atoms with E-state index >= 15 is 8.78 Å². The van der Waals surface area contributed by atoms with Crippen molar-refractivity contribution in [3.8, 4) is 0 Å². The van der Waals surface area contributed by atoms with Gasteiger partial charge in [0.15, 0.2) is 0 Å². The van der Waals surface area contributed by atoms with Crippen molar-refractivity contribution in [2.75, 3.05) is 6.54 Å². The van der Waals surface area contributed by atoms with Gasteiger partial charge in [-0.3, -0.25) is 9.69 Å². The zero-order chi connectivity index (χ0) is 26.8. The van der Waals surface area contributed by atoms with E-state index in [1.165, 1.54) is 4.90 Å². The second-order valence-corrected chi connectivity index (χ2v) is 16.0. The van der Waals surface area contributed by atoms with Crippen LogP contribution in [-0.4, -0.2) is 48.7 Å². The molecule has 0 spiro atoms. The number of alkyl halides is 8. The zero-order valence-corrected chi connectivity index (χ0v) is 20.8. The minimum Gasteiger partial charge on any atom is -0.481 e. The maximum absolute atomic E-state index is 15.7. The summed E-state index contributed by atoms with van der Waals surface area (Å²) in [6.07, 6.45) is -11.6. The van der Waals surface area contributed by atoms with E-state index in [2.05, 4.69) is 0 Å². The second kappa shape index (κ2) is 10.7. The van der Waals surface area contributed by atoms with Gasteiger partial charge in [0.25, 0.3) is 5.92 Å². The smallest absolute Gasteiger partial charge is 0.416 e. The molecule has 2 rings (SSSR count). The molecule has 0 amide bonds. The molecule has 200 valence electrons. The molecule has 0 bridgehead atoms. The summed E-state index contributed by atoms with van der Waals surface area (Å²) in [5.74, 6) is -6.71. The lowest BCUT2D eigenvalue weighted by Gasteiger charge is -2.49. The molecule has 1 aromatic carbocycles. The Balaban J connectivity index is 2.51. The number of aliphatic carboxylic acids is 1. The highest BCUT2D eigenvalue weighted by atomic mass is 28.3. The Labute approximate surface area is 200 Å². The number of carbonyl (C=O) groups is 1. The van der Waals surface area contributed by atoms with Gasteiger partial charge in [-0.25, -0.2) is 8.78 Å². The van der Waals surface area contributed by atoms with Crippen LogP contribution in [0.1, 0.15) is 49.3 Å². The van der Waals surface area contributed by atoms with Crippen molar-refractivity contribution >= 4 is 14.0 Å². The largest absolute Gasteiger partial charge is 0.481 e. The molecule has 0 unspecified atom stereocenters. The fourth-order valence-corrected chi connectivity index (χ4v) is 5.79.